The molecule has 4 nitrogen and oxygen atoms in total. The Morgan fingerprint density at radius 3 is 1.48 bits per heavy atom. The van der Waals surface area contributed by atoms with Crippen LogP contribution in [0.1, 0.15) is 107 Å². The molecule has 6 heteroatoms. The third-order valence-electron chi connectivity index (χ3n) is 7.01. The van der Waals surface area contributed by atoms with E-state index in [1.165, 1.54) is 38.5 Å². The van der Waals surface area contributed by atoms with Gasteiger partial charge in [-0.15, -0.1) is 0 Å². The Hall–Kier alpha value is 0.230. The first kappa shape index (κ1) is 35.8. The van der Waals surface area contributed by atoms with E-state index in [2.05, 4.69) is 20.8 Å². The summed E-state index contributed by atoms with van der Waals surface area (Å²) in [7, 11) is 0. The number of aliphatic hydroxyl groups is 1. The number of hydrogen-bond acceptors (Lipinski definition) is 3. The monoisotopic (exact) mass is 450 g/mol. The van der Waals surface area contributed by atoms with Crippen LogP contribution in [-0.4, -0.2) is 46.4 Å². The SMILES string of the molecule is C.CC1CCC(C(=O)O)CC1.CC1CCC(C=O)CC1.CC1CCC(CO)CC1.[AlH3].[H-].[Li+]. The van der Waals surface area contributed by atoms with E-state index in [9.17, 15) is 9.59 Å². The van der Waals surface area contributed by atoms with Gasteiger partial charge in [0.2, 0.25) is 0 Å². The molecule has 0 aliphatic heterocycles. The fourth-order valence-electron chi connectivity index (χ4n) is 4.44. The summed E-state index contributed by atoms with van der Waals surface area (Å²) in [6.07, 6.45) is 15.0. The second-order valence-corrected chi connectivity index (χ2v) is 9.76. The van der Waals surface area contributed by atoms with Gasteiger partial charge in [-0.25, -0.2) is 0 Å². The first-order valence-corrected chi connectivity index (χ1v) is 11.6. The number of carbonyl (C=O) groups excluding carboxylic acids is 1. The molecular formula is C25H52AlLiO4. The maximum Gasteiger partial charge on any atom is 1.00 e. The summed E-state index contributed by atoms with van der Waals surface area (Å²) in [4.78, 5) is 20.7. The normalized spacial score (nSPS) is 32.0. The molecule has 0 radical (unpaired) electrons. The number of carboxylic acid groups (broad SMARTS) is 1. The number of aliphatic carboxylic acids is 1. The van der Waals surface area contributed by atoms with Gasteiger partial charge in [-0.2, -0.15) is 0 Å². The zero-order chi connectivity index (χ0) is 20.9. The Labute approximate surface area is 216 Å². The van der Waals surface area contributed by atoms with E-state index in [1.807, 2.05) is 0 Å². The number of carboxylic acids is 1. The molecule has 0 atom stereocenters. The summed E-state index contributed by atoms with van der Waals surface area (Å²) >= 11 is 0. The van der Waals surface area contributed by atoms with Crippen LogP contribution in [0.4, 0.5) is 0 Å². The van der Waals surface area contributed by atoms with Gasteiger partial charge < -0.3 is 16.4 Å². The van der Waals surface area contributed by atoms with E-state index in [0.29, 0.717) is 18.4 Å². The van der Waals surface area contributed by atoms with E-state index >= 15 is 0 Å². The second-order valence-electron chi connectivity index (χ2n) is 9.76. The molecule has 180 valence electrons. The van der Waals surface area contributed by atoms with Crippen LogP contribution in [0, 0.1) is 35.5 Å². The Balaban J connectivity index is -0.000000173. The molecule has 3 aliphatic carbocycles. The topological polar surface area (TPSA) is 74.6 Å². The number of aldehydes is 1. The van der Waals surface area contributed by atoms with Crippen LogP contribution in [0.3, 0.4) is 0 Å². The van der Waals surface area contributed by atoms with Gasteiger partial charge in [0.15, 0.2) is 17.4 Å². The number of aliphatic hydroxyl groups excluding tert-OH is 1. The maximum absolute atomic E-state index is 10.5. The van der Waals surface area contributed by atoms with Crippen LogP contribution >= 0.6 is 0 Å². The Bertz CT molecular complexity index is 432. The largest absolute Gasteiger partial charge is 1.00 e. The van der Waals surface area contributed by atoms with E-state index in [1.54, 1.807) is 0 Å². The van der Waals surface area contributed by atoms with Crippen LogP contribution < -0.4 is 18.9 Å². The predicted molar refractivity (Wildman–Crippen MR) is 132 cm³/mol. The summed E-state index contributed by atoms with van der Waals surface area (Å²) in [6.45, 7) is 7.17. The molecule has 0 heterocycles. The van der Waals surface area contributed by atoms with Crippen molar-refractivity contribution in [2.75, 3.05) is 6.61 Å². The summed E-state index contributed by atoms with van der Waals surface area (Å²) in [6, 6.07) is 0. The zero-order valence-electron chi connectivity index (χ0n) is 20.4. The number of carbonyl (C=O) groups is 2. The maximum atomic E-state index is 10.5. The molecule has 0 saturated heterocycles. The molecule has 3 fully saturated rings. The first-order valence-electron chi connectivity index (χ1n) is 11.6. The molecule has 3 saturated carbocycles. The van der Waals surface area contributed by atoms with Crippen molar-refractivity contribution in [1.29, 1.82) is 0 Å². The fraction of sp³-hybridized carbons (Fsp3) is 0.920. The summed E-state index contributed by atoms with van der Waals surface area (Å²) in [5.41, 5.74) is 0. The van der Waals surface area contributed by atoms with Crippen LogP contribution in [0.25, 0.3) is 0 Å². The van der Waals surface area contributed by atoms with Crippen LogP contribution in [0.5, 0.6) is 0 Å². The third kappa shape index (κ3) is 16.5. The molecule has 0 amide bonds. The van der Waals surface area contributed by atoms with Crippen molar-refractivity contribution in [3.8, 4) is 0 Å². The van der Waals surface area contributed by atoms with E-state index in [-0.39, 0.29) is 51.0 Å². The minimum atomic E-state index is -0.605. The average molecular weight is 451 g/mol. The second kappa shape index (κ2) is 20.8. The summed E-state index contributed by atoms with van der Waals surface area (Å²) in [5, 5.41) is 17.4. The summed E-state index contributed by atoms with van der Waals surface area (Å²) in [5.74, 6) is 2.88. The number of rotatable bonds is 3. The van der Waals surface area contributed by atoms with E-state index < -0.39 is 5.97 Å². The molecule has 0 spiro atoms. The number of hydrogen-bond donors (Lipinski definition) is 2. The quantitative estimate of drug-likeness (QED) is 0.511. The summed E-state index contributed by atoms with van der Waals surface area (Å²) < 4.78 is 0. The molecule has 2 N–H and O–H groups in total. The van der Waals surface area contributed by atoms with Crippen LogP contribution in [0.2, 0.25) is 0 Å². The van der Waals surface area contributed by atoms with Crippen LogP contribution in [-0.2, 0) is 9.59 Å². The van der Waals surface area contributed by atoms with Gasteiger partial charge in [0.05, 0.1) is 5.92 Å². The Kier molecular flexibility index (Phi) is 24.0. The zero-order valence-corrected chi connectivity index (χ0v) is 19.4. The van der Waals surface area contributed by atoms with Crippen molar-refractivity contribution in [3.05, 3.63) is 0 Å². The van der Waals surface area contributed by atoms with E-state index in [4.69, 9.17) is 10.2 Å². The molecule has 0 bridgehead atoms. The van der Waals surface area contributed by atoms with Gasteiger partial charge in [-0.05, 0) is 75.0 Å². The van der Waals surface area contributed by atoms with Crippen molar-refractivity contribution in [2.45, 2.75) is 105 Å². The van der Waals surface area contributed by atoms with Crippen molar-refractivity contribution in [3.63, 3.8) is 0 Å². The third-order valence-corrected chi connectivity index (χ3v) is 7.01. The van der Waals surface area contributed by atoms with Gasteiger partial charge in [0.1, 0.15) is 6.29 Å². The first-order chi connectivity index (χ1) is 13.3. The minimum absolute atomic E-state index is 0. The van der Waals surface area contributed by atoms with Crippen LogP contribution in [0.15, 0.2) is 0 Å². The van der Waals surface area contributed by atoms with Crippen molar-refractivity contribution < 1.29 is 40.1 Å². The van der Waals surface area contributed by atoms with Gasteiger partial charge in [0.25, 0.3) is 0 Å². The molecule has 3 aliphatic rings. The molecule has 0 unspecified atom stereocenters. The van der Waals surface area contributed by atoms with Gasteiger partial charge in [-0.3, -0.25) is 4.79 Å². The van der Waals surface area contributed by atoms with Crippen molar-refractivity contribution >= 4 is 29.6 Å². The standard InChI is InChI=1S/C8H14O2.C8H16O.C8H14O.CH4.Al.Li.4H/c1-6-2-4-7(5-3-6)8(9)10;2*1-7-2-4-8(6-9)5-3-7;;;;;;;/h6-7H,2-5H2,1H3,(H,9,10);7-9H,2-6H2,1H3;6-8H,2-5H2,1H3;1H4;;;;;;/q;;;;;+1;;;;-1. The Morgan fingerprint density at radius 1 is 0.806 bits per heavy atom. The molecule has 0 aromatic rings. The Morgan fingerprint density at radius 2 is 1.16 bits per heavy atom. The molecule has 0 aromatic heterocycles. The fourth-order valence-corrected chi connectivity index (χ4v) is 4.44. The van der Waals surface area contributed by atoms with E-state index in [0.717, 1.165) is 62.6 Å². The molecular weight excluding hydrogens is 398 g/mol. The van der Waals surface area contributed by atoms with Gasteiger partial charge in [-0.1, -0.05) is 53.9 Å². The van der Waals surface area contributed by atoms with Gasteiger partial charge >= 0.3 is 24.8 Å². The van der Waals surface area contributed by atoms with Crippen molar-refractivity contribution in [2.24, 2.45) is 35.5 Å². The predicted octanol–water partition coefficient (Wildman–Crippen LogP) is 2.28. The molecule has 3 rings (SSSR count). The molecule has 0 aromatic carbocycles. The van der Waals surface area contributed by atoms with Crippen molar-refractivity contribution in [1.82, 2.24) is 0 Å². The smallest absolute Gasteiger partial charge is 1.00 e. The van der Waals surface area contributed by atoms with Gasteiger partial charge in [0, 0.05) is 12.5 Å². The minimum Gasteiger partial charge on any atom is -1.00 e. The average Bonchev–Trinajstić information content (AvgIpc) is 2.70. The molecule has 31 heavy (non-hydrogen) atoms.